The highest BCUT2D eigenvalue weighted by Crippen LogP contribution is 2.31. The Morgan fingerprint density at radius 1 is 1.00 bits per heavy atom. The normalized spacial score (nSPS) is 16.0. The Hall–Kier alpha value is -1.48. The van der Waals surface area contributed by atoms with Crippen molar-refractivity contribution >= 4 is 27.3 Å². The van der Waals surface area contributed by atoms with Gasteiger partial charge in [-0.1, -0.05) is 40.2 Å². The molecule has 2 aromatic rings. The first kappa shape index (κ1) is 14.5. The maximum atomic E-state index is 3.67. The van der Waals surface area contributed by atoms with E-state index in [9.17, 15) is 0 Å². The Labute approximate surface area is 135 Å². The van der Waals surface area contributed by atoms with Crippen LogP contribution in [0.2, 0.25) is 0 Å². The maximum Gasteiger partial charge on any atom is 0.0602 e. The average molecular weight is 345 g/mol. The van der Waals surface area contributed by atoms with Crippen molar-refractivity contribution in [2.75, 3.05) is 23.3 Å². The second kappa shape index (κ2) is 6.52. The van der Waals surface area contributed by atoms with Crippen molar-refractivity contribution in [1.29, 1.82) is 0 Å². The Kier molecular flexibility index (Phi) is 4.49. The van der Waals surface area contributed by atoms with E-state index in [0.29, 0.717) is 6.04 Å². The van der Waals surface area contributed by atoms with Crippen LogP contribution < -0.4 is 10.2 Å². The molecule has 0 radical (unpaired) electrons. The number of benzene rings is 2. The Balaban J connectivity index is 1.79. The first-order valence-corrected chi connectivity index (χ1v) is 8.39. The zero-order chi connectivity index (χ0) is 14.7. The van der Waals surface area contributed by atoms with Crippen molar-refractivity contribution in [2.45, 2.75) is 25.8 Å². The molecule has 3 heteroatoms. The highest BCUT2D eigenvalue weighted by atomic mass is 79.9. The van der Waals surface area contributed by atoms with Gasteiger partial charge in [-0.05, 0) is 49.6 Å². The molecule has 1 aliphatic heterocycles. The number of rotatable bonds is 4. The molecule has 0 bridgehead atoms. The molecule has 0 amide bonds. The van der Waals surface area contributed by atoms with Crippen LogP contribution >= 0.6 is 15.9 Å². The zero-order valence-corrected chi connectivity index (χ0v) is 13.9. The van der Waals surface area contributed by atoms with Crippen LogP contribution in [0.3, 0.4) is 0 Å². The SMILES string of the molecule is CC(Nc1ccccc1N1CCCC1)c1ccc(Br)cc1. The fourth-order valence-corrected chi connectivity index (χ4v) is 3.16. The summed E-state index contributed by atoms with van der Waals surface area (Å²) in [4.78, 5) is 2.48. The van der Waals surface area contributed by atoms with E-state index in [1.807, 2.05) is 0 Å². The molecule has 1 heterocycles. The van der Waals surface area contributed by atoms with E-state index >= 15 is 0 Å². The lowest BCUT2D eigenvalue weighted by molar-refractivity contribution is 0.878. The van der Waals surface area contributed by atoms with Gasteiger partial charge < -0.3 is 10.2 Å². The molecule has 1 aliphatic rings. The van der Waals surface area contributed by atoms with Gasteiger partial charge in [0.25, 0.3) is 0 Å². The molecule has 21 heavy (non-hydrogen) atoms. The third-order valence-electron chi connectivity index (χ3n) is 4.09. The molecule has 2 aromatic carbocycles. The number of nitrogens with zero attached hydrogens (tertiary/aromatic N) is 1. The van der Waals surface area contributed by atoms with Gasteiger partial charge in [-0.25, -0.2) is 0 Å². The molecule has 0 aliphatic carbocycles. The van der Waals surface area contributed by atoms with Gasteiger partial charge in [-0.3, -0.25) is 0 Å². The molecule has 3 rings (SSSR count). The highest BCUT2D eigenvalue weighted by molar-refractivity contribution is 9.10. The van der Waals surface area contributed by atoms with Crippen molar-refractivity contribution in [3.8, 4) is 0 Å². The van der Waals surface area contributed by atoms with Crippen molar-refractivity contribution in [3.63, 3.8) is 0 Å². The van der Waals surface area contributed by atoms with Crippen LogP contribution in [0.25, 0.3) is 0 Å². The van der Waals surface area contributed by atoms with Crippen LogP contribution in [-0.2, 0) is 0 Å². The fourth-order valence-electron chi connectivity index (χ4n) is 2.90. The van der Waals surface area contributed by atoms with Gasteiger partial charge in [0.05, 0.1) is 11.4 Å². The molecule has 1 saturated heterocycles. The van der Waals surface area contributed by atoms with Crippen LogP contribution in [0.4, 0.5) is 11.4 Å². The first-order valence-electron chi connectivity index (χ1n) is 7.60. The number of hydrogen-bond acceptors (Lipinski definition) is 2. The molecule has 0 saturated carbocycles. The third kappa shape index (κ3) is 3.41. The van der Waals surface area contributed by atoms with E-state index in [-0.39, 0.29) is 0 Å². The van der Waals surface area contributed by atoms with Crippen LogP contribution in [-0.4, -0.2) is 13.1 Å². The predicted molar refractivity (Wildman–Crippen MR) is 94.1 cm³/mol. The first-order chi connectivity index (χ1) is 10.2. The number of anilines is 2. The van der Waals surface area contributed by atoms with E-state index in [1.165, 1.54) is 42.9 Å². The van der Waals surface area contributed by atoms with Gasteiger partial charge in [0, 0.05) is 23.6 Å². The summed E-state index contributed by atoms with van der Waals surface area (Å²) >= 11 is 3.49. The lowest BCUT2D eigenvalue weighted by Crippen LogP contribution is -2.20. The van der Waals surface area contributed by atoms with Crippen LogP contribution in [0, 0.1) is 0 Å². The van der Waals surface area contributed by atoms with Gasteiger partial charge >= 0.3 is 0 Å². The van der Waals surface area contributed by atoms with E-state index in [4.69, 9.17) is 0 Å². The van der Waals surface area contributed by atoms with E-state index in [1.54, 1.807) is 0 Å². The molecular formula is C18H21BrN2. The molecule has 110 valence electrons. The van der Waals surface area contributed by atoms with Crippen molar-refractivity contribution < 1.29 is 0 Å². The minimum absolute atomic E-state index is 0.293. The Morgan fingerprint density at radius 2 is 1.67 bits per heavy atom. The lowest BCUT2D eigenvalue weighted by Gasteiger charge is -2.24. The molecule has 1 atom stereocenters. The summed E-state index contributed by atoms with van der Waals surface area (Å²) in [6, 6.07) is 17.5. The van der Waals surface area contributed by atoms with Crippen molar-refractivity contribution in [3.05, 3.63) is 58.6 Å². The van der Waals surface area contributed by atoms with E-state index in [0.717, 1.165) is 4.47 Å². The smallest absolute Gasteiger partial charge is 0.0602 e. The number of para-hydroxylation sites is 2. The maximum absolute atomic E-state index is 3.67. The third-order valence-corrected chi connectivity index (χ3v) is 4.62. The Morgan fingerprint density at radius 3 is 2.38 bits per heavy atom. The standard InChI is InChI=1S/C18H21BrN2/c1-14(15-8-10-16(19)11-9-15)20-17-6-2-3-7-18(17)21-12-4-5-13-21/h2-3,6-11,14,20H,4-5,12-13H2,1H3. The predicted octanol–water partition coefficient (Wildman–Crippen LogP) is 5.22. The number of nitrogens with one attached hydrogen (secondary N) is 1. The summed E-state index contributed by atoms with van der Waals surface area (Å²) in [5.41, 5.74) is 3.86. The van der Waals surface area contributed by atoms with Gasteiger partial charge in [0.15, 0.2) is 0 Å². The molecule has 1 unspecified atom stereocenters. The zero-order valence-electron chi connectivity index (χ0n) is 12.3. The molecule has 0 spiro atoms. The Bertz CT molecular complexity index is 588. The second-order valence-corrected chi connectivity index (χ2v) is 6.54. The summed E-state index contributed by atoms with van der Waals surface area (Å²) in [6.07, 6.45) is 2.60. The van der Waals surface area contributed by atoms with Gasteiger partial charge in [-0.15, -0.1) is 0 Å². The van der Waals surface area contributed by atoms with E-state index in [2.05, 4.69) is 81.6 Å². The minimum atomic E-state index is 0.293. The molecule has 0 aromatic heterocycles. The lowest BCUT2D eigenvalue weighted by atomic mass is 10.1. The largest absolute Gasteiger partial charge is 0.377 e. The molecule has 1 fully saturated rings. The summed E-state index contributed by atoms with van der Waals surface area (Å²) in [5.74, 6) is 0. The summed E-state index contributed by atoms with van der Waals surface area (Å²) in [5, 5.41) is 3.67. The molecular weight excluding hydrogens is 324 g/mol. The van der Waals surface area contributed by atoms with Crippen LogP contribution in [0.1, 0.15) is 31.4 Å². The molecule has 2 nitrogen and oxygen atoms in total. The summed E-state index contributed by atoms with van der Waals surface area (Å²) in [7, 11) is 0. The monoisotopic (exact) mass is 344 g/mol. The number of halogens is 1. The van der Waals surface area contributed by atoms with E-state index < -0.39 is 0 Å². The number of hydrogen-bond donors (Lipinski definition) is 1. The van der Waals surface area contributed by atoms with Gasteiger partial charge in [-0.2, -0.15) is 0 Å². The van der Waals surface area contributed by atoms with Crippen LogP contribution in [0.15, 0.2) is 53.0 Å². The van der Waals surface area contributed by atoms with Crippen molar-refractivity contribution in [2.24, 2.45) is 0 Å². The highest BCUT2D eigenvalue weighted by Gasteiger charge is 2.16. The van der Waals surface area contributed by atoms with Crippen molar-refractivity contribution in [1.82, 2.24) is 0 Å². The van der Waals surface area contributed by atoms with Gasteiger partial charge in [0.1, 0.15) is 0 Å². The quantitative estimate of drug-likeness (QED) is 0.817. The fraction of sp³-hybridized carbons (Fsp3) is 0.333. The van der Waals surface area contributed by atoms with Gasteiger partial charge in [0.2, 0.25) is 0 Å². The summed E-state index contributed by atoms with van der Waals surface area (Å²) in [6.45, 7) is 4.56. The van der Waals surface area contributed by atoms with Crippen LogP contribution in [0.5, 0.6) is 0 Å². The topological polar surface area (TPSA) is 15.3 Å². The average Bonchev–Trinajstić information content (AvgIpc) is 3.02. The summed E-state index contributed by atoms with van der Waals surface area (Å²) < 4.78 is 1.12. The second-order valence-electron chi connectivity index (χ2n) is 5.63. The molecule has 1 N–H and O–H groups in total. The minimum Gasteiger partial charge on any atom is -0.377 e.